The van der Waals surface area contributed by atoms with E-state index in [1.807, 2.05) is 0 Å². The summed E-state index contributed by atoms with van der Waals surface area (Å²) >= 11 is 1.20. The van der Waals surface area contributed by atoms with Crippen LogP contribution in [0.25, 0.3) is 10.2 Å². The predicted molar refractivity (Wildman–Crippen MR) is 80.7 cm³/mol. The van der Waals surface area contributed by atoms with Crippen LogP contribution >= 0.6 is 11.3 Å². The molecule has 7 heteroatoms. The van der Waals surface area contributed by atoms with Crippen molar-refractivity contribution in [3.05, 3.63) is 27.1 Å². The first-order valence-electron chi connectivity index (χ1n) is 6.97. The molecule has 2 aromatic rings. The van der Waals surface area contributed by atoms with Gasteiger partial charge in [0.2, 0.25) is 0 Å². The highest BCUT2D eigenvalue weighted by atomic mass is 32.1. The quantitative estimate of drug-likeness (QED) is 0.797. The van der Waals surface area contributed by atoms with Crippen molar-refractivity contribution < 1.29 is 9.90 Å². The highest BCUT2D eigenvalue weighted by Crippen LogP contribution is 2.29. The zero-order chi connectivity index (χ0) is 15.0. The fourth-order valence-corrected chi connectivity index (χ4v) is 3.90. The molecule has 2 heterocycles. The molecule has 1 saturated carbocycles. The molecule has 0 atom stereocenters. The maximum absolute atomic E-state index is 12.3. The number of aliphatic hydroxyl groups is 1. The molecular weight excluding hydrogens is 290 g/mol. The van der Waals surface area contributed by atoms with E-state index in [2.05, 4.69) is 15.3 Å². The van der Waals surface area contributed by atoms with Gasteiger partial charge in [-0.3, -0.25) is 9.59 Å². The summed E-state index contributed by atoms with van der Waals surface area (Å²) in [5.74, 6) is -0.254. The fraction of sp³-hybridized carbons (Fsp3) is 0.500. The Balaban J connectivity index is 1.83. The molecule has 0 unspecified atom stereocenters. The Kier molecular flexibility index (Phi) is 3.54. The lowest BCUT2D eigenvalue weighted by Crippen LogP contribution is -2.40. The molecule has 0 radical (unpaired) electrons. The summed E-state index contributed by atoms with van der Waals surface area (Å²) in [7, 11) is 0. The molecule has 1 aliphatic carbocycles. The van der Waals surface area contributed by atoms with Gasteiger partial charge in [0.05, 0.1) is 22.2 Å². The largest absolute Gasteiger partial charge is 0.388 e. The maximum Gasteiger partial charge on any atom is 0.261 e. The predicted octanol–water partition coefficient (Wildman–Crippen LogP) is 1.33. The molecule has 1 fully saturated rings. The molecule has 112 valence electrons. The zero-order valence-corrected chi connectivity index (χ0v) is 12.5. The number of rotatable bonds is 3. The first-order chi connectivity index (χ1) is 10.0. The van der Waals surface area contributed by atoms with Crippen molar-refractivity contribution in [3.8, 4) is 0 Å². The number of carbonyl (C=O) groups excluding carboxylic acids is 1. The van der Waals surface area contributed by atoms with Crippen LogP contribution in [0.5, 0.6) is 0 Å². The fourth-order valence-electron chi connectivity index (χ4n) is 2.83. The van der Waals surface area contributed by atoms with E-state index in [0.717, 1.165) is 25.7 Å². The van der Waals surface area contributed by atoms with Gasteiger partial charge >= 0.3 is 0 Å². The highest BCUT2D eigenvalue weighted by Gasteiger charge is 2.31. The number of carbonyl (C=O) groups is 1. The van der Waals surface area contributed by atoms with E-state index in [0.29, 0.717) is 20.7 Å². The van der Waals surface area contributed by atoms with Gasteiger partial charge in [-0.05, 0) is 25.3 Å². The number of aryl methyl sites for hydroxylation is 1. The summed E-state index contributed by atoms with van der Waals surface area (Å²) in [5, 5.41) is 13.5. The lowest BCUT2D eigenvalue weighted by Gasteiger charge is -2.22. The molecule has 3 rings (SSSR count). The maximum atomic E-state index is 12.3. The lowest BCUT2D eigenvalue weighted by atomic mass is 10.0. The van der Waals surface area contributed by atoms with Gasteiger partial charge in [0.15, 0.2) is 0 Å². The molecule has 1 amide bonds. The van der Waals surface area contributed by atoms with Crippen molar-refractivity contribution in [3.63, 3.8) is 0 Å². The molecule has 6 nitrogen and oxygen atoms in total. The number of thiophene rings is 1. The third kappa shape index (κ3) is 2.58. The van der Waals surface area contributed by atoms with Crippen LogP contribution in [0.1, 0.15) is 40.9 Å². The van der Waals surface area contributed by atoms with Gasteiger partial charge in [0.1, 0.15) is 4.83 Å². The van der Waals surface area contributed by atoms with E-state index >= 15 is 0 Å². The summed E-state index contributed by atoms with van der Waals surface area (Å²) in [6.45, 7) is 2.00. The van der Waals surface area contributed by atoms with E-state index < -0.39 is 5.60 Å². The molecule has 0 aliphatic heterocycles. The van der Waals surface area contributed by atoms with Gasteiger partial charge in [0, 0.05) is 6.54 Å². The molecule has 0 spiro atoms. The van der Waals surface area contributed by atoms with Gasteiger partial charge in [-0.15, -0.1) is 11.3 Å². The van der Waals surface area contributed by atoms with Crippen LogP contribution in [0, 0.1) is 6.92 Å². The van der Waals surface area contributed by atoms with Gasteiger partial charge in [-0.2, -0.15) is 0 Å². The normalized spacial score (nSPS) is 17.2. The van der Waals surface area contributed by atoms with Crippen LogP contribution in [0.3, 0.4) is 0 Å². The summed E-state index contributed by atoms with van der Waals surface area (Å²) in [6, 6.07) is 0. The van der Waals surface area contributed by atoms with E-state index in [4.69, 9.17) is 0 Å². The van der Waals surface area contributed by atoms with Gasteiger partial charge < -0.3 is 15.4 Å². The molecule has 2 aromatic heterocycles. The van der Waals surface area contributed by atoms with Crippen molar-refractivity contribution in [2.75, 3.05) is 6.54 Å². The first-order valence-corrected chi connectivity index (χ1v) is 7.79. The van der Waals surface area contributed by atoms with E-state index in [1.165, 1.54) is 17.7 Å². The number of aromatic nitrogens is 2. The summed E-state index contributed by atoms with van der Waals surface area (Å²) < 4.78 is 0. The van der Waals surface area contributed by atoms with Crippen LogP contribution < -0.4 is 10.9 Å². The smallest absolute Gasteiger partial charge is 0.261 e. The monoisotopic (exact) mass is 307 g/mol. The van der Waals surface area contributed by atoms with Gasteiger partial charge in [-0.1, -0.05) is 12.8 Å². The Bertz CT molecular complexity index is 743. The number of amides is 1. The van der Waals surface area contributed by atoms with E-state index in [1.54, 1.807) is 6.92 Å². The van der Waals surface area contributed by atoms with Crippen LogP contribution in [0.4, 0.5) is 0 Å². The summed E-state index contributed by atoms with van der Waals surface area (Å²) in [5.41, 5.74) is -0.377. The molecule has 0 aromatic carbocycles. The Morgan fingerprint density at radius 2 is 2.24 bits per heavy atom. The number of H-pyrrole nitrogens is 1. The molecular formula is C14H17N3O3S. The molecule has 0 saturated heterocycles. The second-order valence-electron chi connectivity index (χ2n) is 5.58. The van der Waals surface area contributed by atoms with Gasteiger partial charge in [-0.25, -0.2) is 4.98 Å². The topological polar surface area (TPSA) is 95.1 Å². The number of fused-ring (bicyclic) bond motifs is 1. The third-order valence-corrected chi connectivity index (χ3v) is 5.25. The van der Waals surface area contributed by atoms with Crippen molar-refractivity contribution in [1.29, 1.82) is 0 Å². The average molecular weight is 307 g/mol. The number of hydrogen-bond acceptors (Lipinski definition) is 5. The first kappa shape index (κ1) is 14.2. The Morgan fingerprint density at radius 1 is 1.52 bits per heavy atom. The third-order valence-electron chi connectivity index (χ3n) is 4.05. The Labute approximate surface area is 125 Å². The minimum absolute atomic E-state index is 0.234. The standard InChI is InChI=1S/C14H17N3O3S/c1-8-9-11(18)16-7-17-13(9)21-10(8)12(19)15-6-14(20)4-2-3-5-14/h7,20H,2-6H2,1H3,(H,15,19)(H,16,17,18). The van der Waals surface area contributed by atoms with Crippen molar-refractivity contribution in [2.24, 2.45) is 0 Å². The van der Waals surface area contributed by atoms with Crippen molar-refractivity contribution in [2.45, 2.75) is 38.2 Å². The van der Waals surface area contributed by atoms with E-state index in [-0.39, 0.29) is 18.0 Å². The zero-order valence-electron chi connectivity index (χ0n) is 11.7. The minimum atomic E-state index is -0.782. The molecule has 3 N–H and O–H groups in total. The average Bonchev–Trinajstić information content (AvgIpc) is 3.02. The van der Waals surface area contributed by atoms with Crippen LogP contribution in [0.15, 0.2) is 11.1 Å². The second-order valence-corrected chi connectivity index (χ2v) is 6.58. The SMILES string of the molecule is Cc1c(C(=O)NCC2(O)CCCC2)sc2nc[nH]c(=O)c12. The van der Waals surface area contributed by atoms with Crippen LogP contribution in [0.2, 0.25) is 0 Å². The lowest BCUT2D eigenvalue weighted by molar-refractivity contribution is 0.0450. The summed E-state index contributed by atoms with van der Waals surface area (Å²) in [4.78, 5) is 31.7. The summed E-state index contributed by atoms with van der Waals surface area (Å²) in [6.07, 6.45) is 4.77. The highest BCUT2D eigenvalue weighted by molar-refractivity contribution is 7.20. The number of hydrogen-bond donors (Lipinski definition) is 3. The van der Waals surface area contributed by atoms with Gasteiger partial charge in [0.25, 0.3) is 11.5 Å². The Morgan fingerprint density at radius 3 is 2.90 bits per heavy atom. The molecule has 21 heavy (non-hydrogen) atoms. The van der Waals surface area contributed by atoms with Crippen LogP contribution in [-0.2, 0) is 0 Å². The minimum Gasteiger partial charge on any atom is -0.388 e. The van der Waals surface area contributed by atoms with Crippen molar-refractivity contribution >= 4 is 27.5 Å². The Hall–Kier alpha value is -1.73. The number of nitrogens with one attached hydrogen (secondary N) is 2. The van der Waals surface area contributed by atoms with E-state index in [9.17, 15) is 14.7 Å². The van der Waals surface area contributed by atoms with Crippen molar-refractivity contribution in [1.82, 2.24) is 15.3 Å². The van der Waals surface area contributed by atoms with Crippen LogP contribution in [-0.4, -0.2) is 33.1 Å². The number of nitrogens with zero attached hydrogens (tertiary/aromatic N) is 1. The number of aromatic amines is 1. The molecule has 1 aliphatic rings. The molecule has 0 bridgehead atoms. The second kappa shape index (κ2) is 5.23.